The van der Waals surface area contributed by atoms with Gasteiger partial charge in [0.2, 0.25) is 0 Å². The molecule has 146 valence electrons. The first kappa shape index (κ1) is 20.0. The van der Waals surface area contributed by atoms with E-state index in [2.05, 4.69) is 10.5 Å². The lowest BCUT2D eigenvalue weighted by Crippen LogP contribution is -2.17. The van der Waals surface area contributed by atoms with Crippen LogP contribution in [0.2, 0.25) is 5.02 Å². The van der Waals surface area contributed by atoms with E-state index in [0.29, 0.717) is 17.9 Å². The van der Waals surface area contributed by atoms with Gasteiger partial charge in [0.1, 0.15) is 17.4 Å². The number of para-hydroxylation sites is 1. The van der Waals surface area contributed by atoms with E-state index in [0.717, 1.165) is 11.6 Å². The summed E-state index contributed by atoms with van der Waals surface area (Å²) in [5.41, 5.74) is 3.77. The number of halogens is 1. The molecule has 0 aromatic heterocycles. The summed E-state index contributed by atoms with van der Waals surface area (Å²) in [5.74, 6) is 0.0141. The maximum absolute atomic E-state index is 12.2. The third-order valence-corrected chi connectivity index (χ3v) is 4.25. The highest BCUT2D eigenvalue weighted by atomic mass is 35.5. The fourth-order valence-electron chi connectivity index (χ4n) is 2.47. The Morgan fingerprint density at radius 3 is 2.59 bits per heavy atom. The molecule has 3 aromatic rings. The second kappa shape index (κ2) is 9.48. The van der Waals surface area contributed by atoms with Crippen molar-refractivity contribution in [3.63, 3.8) is 0 Å². The Bertz CT molecular complexity index is 1050. The first-order chi connectivity index (χ1) is 14.0. The molecule has 3 rings (SSSR count). The van der Waals surface area contributed by atoms with Gasteiger partial charge >= 0.3 is 0 Å². The Morgan fingerprint density at radius 2 is 1.83 bits per heavy atom. The molecule has 8 heteroatoms. The van der Waals surface area contributed by atoms with Gasteiger partial charge in [-0.1, -0.05) is 54.1 Å². The quantitative estimate of drug-likeness (QED) is 0.351. The smallest absolute Gasteiger partial charge is 0.288 e. The minimum atomic E-state index is -0.650. The van der Waals surface area contributed by atoms with Crippen LogP contribution in [0.1, 0.15) is 21.5 Å². The van der Waals surface area contributed by atoms with Crippen molar-refractivity contribution < 1.29 is 14.5 Å². The highest BCUT2D eigenvalue weighted by Crippen LogP contribution is 2.25. The van der Waals surface area contributed by atoms with E-state index in [-0.39, 0.29) is 16.3 Å². The molecular formula is C21H16ClN3O4. The maximum atomic E-state index is 12.2. The van der Waals surface area contributed by atoms with E-state index in [1.807, 2.05) is 42.5 Å². The summed E-state index contributed by atoms with van der Waals surface area (Å²) in [6, 6.07) is 20.8. The molecule has 0 radical (unpaired) electrons. The second-order valence-corrected chi connectivity index (χ2v) is 6.34. The predicted molar refractivity (Wildman–Crippen MR) is 110 cm³/mol. The van der Waals surface area contributed by atoms with Crippen molar-refractivity contribution in [1.29, 1.82) is 0 Å². The SMILES string of the molecule is O=C(N/N=C\c1ccccc1OCc1ccccc1)c1ccc(Cl)c([N+](=O)[O-])c1. The Labute approximate surface area is 171 Å². The molecule has 0 aliphatic carbocycles. The topological polar surface area (TPSA) is 93.8 Å². The molecule has 1 amide bonds. The summed E-state index contributed by atoms with van der Waals surface area (Å²) in [4.78, 5) is 22.5. The van der Waals surface area contributed by atoms with Crippen LogP contribution >= 0.6 is 11.6 Å². The molecule has 0 unspecified atom stereocenters. The minimum absolute atomic E-state index is 0.0421. The zero-order valence-electron chi connectivity index (χ0n) is 15.1. The van der Waals surface area contributed by atoms with Gasteiger partial charge in [0.25, 0.3) is 11.6 Å². The predicted octanol–water partition coefficient (Wildman–Crippen LogP) is 4.59. The summed E-state index contributed by atoms with van der Waals surface area (Å²) in [6.45, 7) is 0.395. The van der Waals surface area contributed by atoms with Crippen molar-refractivity contribution in [3.8, 4) is 5.75 Å². The van der Waals surface area contributed by atoms with Crippen molar-refractivity contribution in [2.45, 2.75) is 6.61 Å². The van der Waals surface area contributed by atoms with E-state index in [9.17, 15) is 14.9 Å². The lowest BCUT2D eigenvalue weighted by molar-refractivity contribution is -0.384. The molecule has 0 heterocycles. The van der Waals surface area contributed by atoms with Gasteiger partial charge in [-0.25, -0.2) is 5.43 Å². The van der Waals surface area contributed by atoms with Crippen LogP contribution in [-0.4, -0.2) is 17.0 Å². The van der Waals surface area contributed by atoms with Gasteiger partial charge in [-0.3, -0.25) is 14.9 Å². The number of carbonyl (C=O) groups excluding carboxylic acids is 1. The number of hydrazone groups is 1. The molecule has 0 aliphatic heterocycles. The van der Waals surface area contributed by atoms with Crippen LogP contribution in [0.4, 0.5) is 5.69 Å². The second-order valence-electron chi connectivity index (χ2n) is 5.93. The van der Waals surface area contributed by atoms with Gasteiger partial charge in [-0.05, 0) is 29.8 Å². The summed E-state index contributed by atoms with van der Waals surface area (Å²) < 4.78 is 5.83. The molecule has 0 saturated carbocycles. The van der Waals surface area contributed by atoms with E-state index in [4.69, 9.17) is 16.3 Å². The van der Waals surface area contributed by atoms with E-state index >= 15 is 0 Å². The number of rotatable bonds is 7. The summed E-state index contributed by atoms with van der Waals surface area (Å²) in [6.07, 6.45) is 1.45. The van der Waals surface area contributed by atoms with Gasteiger partial charge in [0.05, 0.1) is 11.1 Å². The number of nitrogens with zero attached hydrogens (tertiary/aromatic N) is 2. The largest absolute Gasteiger partial charge is 0.488 e. The first-order valence-electron chi connectivity index (χ1n) is 8.57. The van der Waals surface area contributed by atoms with Gasteiger partial charge in [-0.15, -0.1) is 0 Å². The van der Waals surface area contributed by atoms with Crippen LogP contribution in [0, 0.1) is 10.1 Å². The highest BCUT2D eigenvalue weighted by molar-refractivity contribution is 6.32. The van der Waals surface area contributed by atoms with Gasteiger partial charge in [-0.2, -0.15) is 5.10 Å². The molecule has 7 nitrogen and oxygen atoms in total. The molecule has 0 bridgehead atoms. The van der Waals surface area contributed by atoms with Crippen molar-refractivity contribution in [1.82, 2.24) is 5.43 Å². The van der Waals surface area contributed by atoms with Crippen LogP contribution in [0.15, 0.2) is 77.9 Å². The van der Waals surface area contributed by atoms with Crippen molar-refractivity contribution in [2.75, 3.05) is 0 Å². The van der Waals surface area contributed by atoms with E-state index in [1.165, 1.54) is 18.3 Å². The van der Waals surface area contributed by atoms with Crippen LogP contribution in [0.25, 0.3) is 0 Å². The molecule has 0 aliphatic rings. The molecule has 29 heavy (non-hydrogen) atoms. The molecule has 0 spiro atoms. The molecule has 0 fully saturated rings. The summed E-state index contributed by atoms with van der Waals surface area (Å²) in [5, 5.41) is 14.8. The Balaban J connectivity index is 1.67. The number of nitro groups is 1. The van der Waals surface area contributed by atoms with Crippen molar-refractivity contribution >= 4 is 29.4 Å². The molecule has 1 N–H and O–H groups in total. The third-order valence-electron chi connectivity index (χ3n) is 3.93. The fraction of sp³-hybridized carbons (Fsp3) is 0.0476. The van der Waals surface area contributed by atoms with Gasteiger partial charge in [0, 0.05) is 17.2 Å². The highest BCUT2D eigenvalue weighted by Gasteiger charge is 2.16. The van der Waals surface area contributed by atoms with E-state index < -0.39 is 10.8 Å². The monoisotopic (exact) mass is 409 g/mol. The first-order valence-corrected chi connectivity index (χ1v) is 8.95. The molecule has 0 saturated heterocycles. The normalized spacial score (nSPS) is 10.7. The average molecular weight is 410 g/mol. The Morgan fingerprint density at radius 1 is 1.10 bits per heavy atom. The molecule has 3 aromatic carbocycles. The molecular weight excluding hydrogens is 394 g/mol. The average Bonchev–Trinajstić information content (AvgIpc) is 2.73. The van der Waals surface area contributed by atoms with Crippen LogP contribution < -0.4 is 10.2 Å². The zero-order chi connectivity index (χ0) is 20.6. The fourth-order valence-corrected chi connectivity index (χ4v) is 2.66. The Kier molecular flexibility index (Phi) is 6.55. The number of nitrogens with one attached hydrogen (secondary N) is 1. The summed E-state index contributed by atoms with van der Waals surface area (Å²) in [7, 11) is 0. The van der Waals surface area contributed by atoms with Crippen molar-refractivity contribution in [3.05, 3.63) is 105 Å². The van der Waals surface area contributed by atoms with Crippen LogP contribution in [0.5, 0.6) is 5.75 Å². The Hall–Kier alpha value is -3.71. The van der Waals surface area contributed by atoms with Crippen molar-refractivity contribution in [2.24, 2.45) is 5.10 Å². The molecule has 0 atom stereocenters. The van der Waals surface area contributed by atoms with Gasteiger partial charge in [0.15, 0.2) is 0 Å². The number of nitro benzene ring substituents is 1. The zero-order valence-corrected chi connectivity index (χ0v) is 15.9. The lowest BCUT2D eigenvalue weighted by atomic mass is 10.2. The van der Waals surface area contributed by atoms with Gasteiger partial charge < -0.3 is 4.74 Å². The number of hydrogen-bond acceptors (Lipinski definition) is 5. The van der Waals surface area contributed by atoms with E-state index in [1.54, 1.807) is 12.1 Å². The third kappa shape index (κ3) is 5.40. The number of carbonyl (C=O) groups is 1. The lowest BCUT2D eigenvalue weighted by Gasteiger charge is -2.09. The number of benzene rings is 3. The number of ether oxygens (including phenoxy) is 1. The number of hydrogen-bond donors (Lipinski definition) is 1. The maximum Gasteiger partial charge on any atom is 0.288 e. The minimum Gasteiger partial charge on any atom is -0.488 e. The summed E-state index contributed by atoms with van der Waals surface area (Å²) >= 11 is 5.75. The van der Waals surface area contributed by atoms with Crippen LogP contribution in [-0.2, 0) is 6.61 Å². The van der Waals surface area contributed by atoms with Crippen LogP contribution in [0.3, 0.4) is 0 Å². The standard InChI is InChI=1S/C21H16ClN3O4/c22-18-11-10-16(12-19(18)25(27)28)21(26)24-23-13-17-8-4-5-9-20(17)29-14-15-6-2-1-3-7-15/h1-13H,14H2,(H,24,26)/b23-13-. The number of amides is 1.